The van der Waals surface area contributed by atoms with Crippen LogP contribution < -0.4 is 10.2 Å². The molecule has 1 aliphatic heterocycles. The number of rotatable bonds is 10. The van der Waals surface area contributed by atoms with E-state index in [1.54, 1.807) is 12.1 Å². The van der Waals surface area contributed by atoms with Crippen LogP contribution in [0.25, 0.3) is 0 Å². The summed E-state index contributed by atoms with van der Waals surface area (Å²) in [4.78, 5) is 63.9. The number of carboxylic acids is 1. The van der Waals surface area contributed by atoms with Crippen molar-refractivity contribution in [1.82, 2.24) is 5.32 Å². The predicted octanol–water partition coefficient (Wildman–Crippen LogP) is 4.50. The molecule has 0 radical (unpaired) electrons. The van der Waals surface area contributed by atoms with Gasteiger partial charge in [-0.3, -0.25) is 23.8 Å². The van der Waals surface area contributed by atoms with E-state index in [-0.39, 0.29) is 32.1 Å². The molecule has 5 rings (SSSR count). The van der Waals surface area contributed by atoms with Crippen LogP contribution in [0.15, 0.2) is 84.9 Å². The molecule has 1 heterocycles. The first-order valence-electron chi connectivity index (χ1n) is 14.6. The molecule has 226 valence electrons. The molecule has 9 nitrogen and oxygen atoms in total. The molecule has 43 heavy (non-hydrogen) atoms. The van der Waals surface area contributed by atoms with Crippen LogP contribution >= 0.6 is 7.60 Å². The van der Waals surface area contributed by atoms with E-state index in [2.05, 4.69) is 5.32 Å². The van der Waals surface area contributed by atoms with E-state index in [0.717, 1.165) is 5.56 Å². The highest BCUT2D eigenvalue weighted by Gasteiger charge is 2.65. The average molecular weight is 605 g/mol. The zero-order chi connectivity index (χ0) is 30.7. The van der Waals surface area contributed by atoms with E-state index in [9.17, 15) is 33.8 Å². The second-order valence-corrected chi connectivity index (χ2v) is 13.6. The fourth-order valence-electron chi connectivity index (χ4n) is 7.08. The number of anilines is 1. The number of aryl methyl sites for hydroxylation is 1. The number of benzene rings is 3. The van der Waals surface area contributed by atoms with Crippen LogP contribution in [0.1, 0.15) is 48.8 Å². The van der Waals surface area contributed by atoms with Crippen molar-refractivity contribution in [1.29, 1.82) is 0 Å². The summed E-state index contributed by atoms with van der Waals surface area (Å²) in [5, 5.41) is 10.7. The first kappa shape index (κ1) is 30.7. The lowest BCUT2D eigenvalue weighted by Gasteiger charge is -2.48. The summed E-state index contributed by atoms with van der Waals surface area (Å²) in [5.41, 5.74) is 1.21. The van der Waals surface area contributed by atoms with Crippen molar-refractivity contribution in [2.24, 2.45) is 5.41 Å². The number of nitrogens with zero attached hydrogens (tertiary/aromatic N) is 1. The highest BCUT2D eigenvalue weighted by molar-refractivity contribution is 7.53. The van der Waals surface area contributed by atoms with Gasteiger partial charge in [-0.2, -0.15) is 0 Å². The Bertz CT molecular complexity index is 1470. The molecular formula is C33H37N2O7P. The number of hydrogen-bond donors (Lipinski definition) is 4. The molecule has 10 heteroatoms. The number of carbonyl (C=O) groups excluding carboxylic acids is 2. The van der Waals surface area contributed by atoms with Crippen molar-refractivity contribution in [3.63, 3.8) is 0 Å². The third kappa shape index (κ3) is 6.03. The minimum Gasteiger partial charge on any atom is -0.480 e. The highest BCUT2D eigenvalue weighted by Crippen LogP contribution is 2.67. The van der Waals surface area contributed by atoms with Crippen molar-refractivity contribution in [2.45, 2.75) is 62.6 Å². The molecule has 4 N–H and O–H groups in total. The summed E-state index contributed by atoms with van der Waals surface area (Å²) < 4.78 is 13.9. The average Bonchev–Trinajstić information content (AvgIpc) is 3.45. The molecule has 1 fully saturated rings. The number of carbonyl (C=O) groups is 3. The summed E-state index contributed by atoms with van der Waals surface area (Å²) in [6, 6.07) is 24.2. The zero-order valence-corrected chi connectivity index (χ0v) is 24.8. The molecule has 1 aliphatic carbocycles. The summed E-state index contributed by atoms with van der Waals surface area (Å²) in [7, 11) is -5.00. The second-order valence-electron chi connectivity index (χ2n) is 11.7. The largest absolute Gasteiger partial charge is 0.480 e. The lowest BCUT2D eigenvalue weighted by Crippen LogP contribution is -2.61. The van der Waals surface area contributed by atoms with Crippen LogP contribution in [-0.4, -0.2) is 50.4 Å². The summed E-state index contributed by atoms with van der Waals surface area (Å²) in [6.07, 6.45) is 2.31. The Morgan fingerprint density at radius 1 is 0.884 bits per heavy atom. The molecule has 0 spiro atoms. The third-order valence-corrected chi connectivity index (χ3v) is 11.0. The number of amides is 2. The molecule has 1 atom stereocenters. The molecule has 0 aromatic heterocycles. The molecular weight excluding hydrogens is 567 g/mol. The van der Waals surface area contributed by atoms with Gasteiger partial charge in [0.05, 0.1) is 10.6 Å². The van der Waals surface area contributed by atoms with Gasteiger partial charge in [-0.1, -0.05) is 91.7 Å². The summed E-state index contributed by atoms with van der Waals surface area (Å²) >= 11 is 0. The van der Waals surface area contributed by atoms with Crippen LogP contribution in [0, 0.1) is 5.41 Å². The van der Waals surface area contributed by atoms with E-state index in [1.807, 2.05) is 72.8 Å². The van der Waals surface area contributed by atoms with Gasteiger partial charge in [0.1, 0.15) is 12.6 Å². The minimum absolute atomic E-state index is 0.0321. The number of carboxylic acid groups (broad SMARTS) is 1. The van der Waals surface area contributed by atoms with Crippen molar-refractivity contribution in [3.05, 3.63) is 102 Å². The van der Waals surface area contributed by atoms with Crippen LogP contribution in [0.4, 0.5) is 5.69 Å². The summed E-state index contributed by atoms with van der Waals surface area (Å²) in [5.74, 6) is -2.31. The van der Waals surface area contributed by atoms with Crippen LogP contribution in [-0.2, 0) is 38.2 Å². The van der Waals surface area contributed by atoms with Gasteiger partial charge in [0, 0.05) is 5.69 Å². The molecule has 1 saturated carbocycles. The Balaban J connectivity index is 1.58. The van der Waals surface area contributed by atoms with E-state index in [1.165, 1.54) is 4.90 Å². The van der Waals surface area contributed by atoms with Crippen LogP contribution in [0.2, 0.25) is 0 Å². The van der Waals surface area contributed by atoms with Crippen molar-refractivity contribution < 1.29 is 33.8 Å². The Kier molecular flexibility index (Phi) is 8.88. The molecule has 3 aromatic rings. The van der Waals surface area contributed by atoms with Crippen LogP contribution in [0.5, 0.6) is 0 Å². The lowest BCUT2D eigenvalue weighted by atomic mass is 9.67. The number of hydrogen-bond acceptors (Lipinski definition) is 4. The first-order valence-corrected chi connectivity index (χ1v) is 16.2. The van der Waals surface area contributed by atoms with E-state index in [0.29, 0.717) is 36.1 Å². The van der Waals surface area contributed by atoms with Crippen molar-refractivity contribution >= 4 is 31.1 Å². The number of aliphatic carboxylic acids is 1. The molecule has 0 saturated heterocycles. The standard InChI is InChI=1S/C33H37N2O7P/c36-29(37)23-35-28-16-8-7-15-26(28)17-18-27(30(35)38)34-31(39)32(19-9-10-20-32)33(43(40,41)42,21-24-11-3-1-4-12-24)22-25-13-5-2-6-14-25/h1-8,11-16,27H,9-10,17-23H2,(H,34,39)(H,36,37)(H2,40,41,42)/t27-/m0/s1. The minimum atomic E-state index is -5.00. The van der Waals surface area contributed by atoms with Gasteiger partial charge in [-0.15, -0.1) is 0 Å². The molecule has 3 aromatic carbocycles. The third-order valence-electron chi connectivity index (χ3n) is 9.17. The van der Waals surface area contributed by atoms with Crippen molar-refractivity contribution in [3.8, 4) is 0 Å². The van der Waals surface area contributed by atoms with Crippen LogP contribution in [0.3, 0.4) is 0 Å². The molecule has 0 unspecified atom stereocenters. The Hall–Kier alpha value is -3.78. The monoisotopic (exact) mass is 604 g/mol. The quantitative estimate of drug-likeness (QED) is 0.250. The number of fused-ring (bicyclic) bond motifs is 1. The molecule has 0 bridgehead atoms. The Morgan fingerprint density at radius 3 is 1.95 bits per heavy atom. The maximum absolute atomic E-state index is 14.6. The summed E-state index contributed by atoms with van der Waals surface area (Å²) in [6.45, 7) is -0.568. The van der Waals surface area contributed by atoms with Gasteiger partial charge in [-0.25, -0.2) is 0 Å². The molecule has 2 aliphatic rings. The number of para-hydroxylation sites is 1. The zero-order valence-electron chi connectivity index (χ0n) is 23.9. The fourth-order valence-corrected chi connectivity index (χ4v) is 8.74. The maximum atomic E-state index is 14.6. The van der Waals surface area contributed by atoms with E-state index >= 15 is 0 Å². The first-order chi connectivity index (χ1) is 20.6. The van der Waals surface area contributed by atoms with E-state index < -0.39 is 48.5 Å². The van der Waals surface area contributed by atoms with Gasteiger partial charge in [0.25, 0.3) is 0 Å². The van der Waals surface area contributed by atoms with E-state index in [4.69, 9.17) is 0 Å². The smallest absolute Gasteiger partial charge is 0.333 e. The second kappa shape index (κ2) is 12.4. The van der Waals surface area contributed by atoms with Gasteiger partial charge in [0.2, 0.25) is 11.8 Å². The van der Waals surface area contributed by atoms with Gasteiger partial charge >= 0.3 is 13.6 Å². The number of nitrogens with one attached hydrogen (secondary N) is 1. The van der Waals surface area contributed by atoms with Gasteiger partial charge < -0.3 is 20.2 Å². The Labute approximate surface area is 251 Å². The normalized spacial score (nSPS) is 18.5. The lowest BCUT2D eigenvalue weighted by molar-refractivity contribution is -0.138. The fraction of sp³-hybridized carbons (Fsp3) is 0.364. The predicted molar refractivity (Wildman–Crippen MR) is 163 cm³/mol. The van der Waals surface area contributed by atoms with Gasteiger partial charge in [0.15, 0.2) is 0 Å². The SMILES string of the molecule is O=C(O)CN1C(=O)[C@@H](NC(=O)C2(C(Cc3ccccc3)(Cc3ccccc3)P(=O)(O)O)CCCC2)CCc2ccccc21. The van der Waals surface area contributed by atoms with Gasteiger partial charge in [-0.05, 0) is 61.3 Å². The van der Waals surface area contributed by atoms with Crippen molar-refractivity contribution in [2.75, 3.05) is 11.4 Å². The Morgan fingerprint density at radius 2 is 1.42 bits per heavy atom. The topological polar surface area (TPSA) is 144 Å². The maximum Gasteiger partial charge on any atom is 0.333 e. The highest BCUT2D eigenvalue weighted by atomic mass is 31.2. The molecule has 2 amide bonds.